The smallest absolute Gasteiger partial charge is 0.0702 e. The highest BCUT2D eigenvalue weighted by Crippen LogP contribution is 2.21. The van der Waals surface area contributed by atoms with E-state index in [4.69, 9.17) is 5.11 Å². The van der Waals surface area contributed by atoms with Crippen molar-refractivity contribution in [1.29, 1.82) is 0 Å². The van der Waals surface area contributed by atoms with Crippen LogP contribution in [-0.2, 0) is 0 Å². The Morgan fingerprint density at radius 1 is 1.33 bits per heavy atom. The molecule has 18 heavy (non-hydrogen) atoms. The fourth-order valence-electron chi connectivity index (χ4n) is 2.15. The molecule has 1 atom stereocenters. The Hall–Kier alpha value is -1.45. The highest BCUT2D eigenvalue weighted by molar-refractivity contribution is 5.79. The summed E-state index contributed by atoms with van der Waals surface area (Å²) in [4.78, 5) is 4.32. The van der Waals surface area contributed by atoms with Gasteiger partial charge in [0.2, 0.25) is 0 Å². The highest BCUT2D eigenvalue weighted by Gasteiger charge is 2.10. The second-order valence-corrected chi connectivity index (χ2v) is 4.47. The number of nitrogens with zero attached hydrogens (tertiary/aromatic N) is 1. The van der Waals surface area contributed by atoms with Crippen molar-refractivity contribution < 1.29 is 5.11 Å². The molecule has 0 amide bonds. The van der Waals surface area contributed by atoms with Crippen molar-refractivity contribution in [2.75, 3.05) is 13.2 Å². The molecule has 0 fully saturated rings. The second-order valence-electron chi connectivity index (χ2n) is 4.47. The summed E-state index contributed by atoms with van der Waals surface area (Å²) in [5.74, 6) is 0. The van der Waals surface area contributed by atoms with Crippen molar-refractivity contribution in [1.82, 2.24) is 10.3 Å². The normalized spacial score (nSPS) is 12.8. The lowest BCUT2D eigenvalue weighted by Crippen LogP contribution is -2.23. The minimum Gasteiger partial charge on any atom is -0.396 e. The van der Waals surface area contributed by atoms with Crippen LogP contribution in [0.3, 0.4) is 0 Å². The third-order valence-electron chi connectivity index (χ3n) is 3.09. The Morgan fingerprint density at radius 3 is 3.00 bits per heavy atom. The minimum absolute atomic E-state index is 0.201. The van der Waals surface area contributed by atoms with Gasteiger partial charge in [-0.05, 0) is 43.1 Å². The molecule has 2 N–H and O–H groups in total. The Bertz CT molecular complexity index is 499. The predicted molar refractivity (Wildman–Crippen MR) is 74.5 cm³/mol. The van der Waals surface area contributed by atoms with E-state index in [1.807, 2.05) is 18.3 Å². The van der Waals surface area contributed by atoms with Crippen LogP contribution in [0.25, 0.3) is 10.9 Å². The zero-order chi connectivity index (χ0) is 12.8. The molecule has 0 saturated heterocycles. The van der Waals surface area contributed by atoms with Gasteiger partial charge in [-0.2, -0.15) is 0 Å². The van der Waals surface area contributed by atoms with Gasteiger partial charge in [-0.3, -0.25) is 4.98 Å². The molecule has 2 aromatic rings. The standard InChI is InChI=1S/C15H20N2O/c1-2-8-16-15(7-10-18)13-5-6-14-12(11-13)4-3-9-17-14/h3-6,9,11,15-16,18H,2,7-8,10H2,1H3. The summed E-state index contributed by atoms with van der Waals surface area (Å²) in [5, 5.41) is 13.8. The van der Waals surface area contributed by atoms with Gasteiger partial charge in [0.15, 0.2) is 0 Å². The predicted octanol–water partition coefficient (Wildman–Crippen LogP) is 2.66. The summed E-state index contributed by atoms with van der Waals surface area (Å²) < 4.78 is 0. The number of aromatic nitrogens is 1. The molecule has 0 radical (unpaired) electrons. The summed E-state index contributed by atoms with van der Waals surface area (Å²) in [6, 6.07) is 10.5. The average Bonchev–Trinajstić information content (AvgIpc) is 2.43. The lowest BCUT2D eigenvalue weighted by molar-refractivity contribution is 0.265. The van der Waals surface area contributed by atoms with Gasteiger partial charge in [-0.25, -0.2) is 0 Å². The molecule has 3 nitrogen and oxygen atoms in total. The van der Waals surface area contributed by atoms with E-state index >= 15 is 0 Å². The van der Waals surface area contributed by atoms with Gasteiger partial charge in [0, 0.05) is 24.2 Å². The van der Waals surface area contributed by atoms with Gasteiger partial charge in [0.25, 0.3) is 0 Å². The average molecular weight is 244 g/mol. The summed E-state index contributed by atoms with van der Waals surface area (Å²) in [6.07, 6.45) is 3.64. The SMILES string of the molecule is CCCNC(CCO)c1ccc2ncccc2c1. The maximum atomic E-state index is 9.16. The first-order chi connectivity index (χ1) is 8.85. The molecule has 1 heterocycles. The fraction of sp³-hybridized carbons (Fsp3) is 0.400. The Kier molecular flexibility index (Phi) is 4.67. The molecule has 0 bridgehead atoms. The number of aliphatic hydroxyl groups is 1. The van der Waals surface area contributed by atoms with Gasteiger partial charge in [0.05, 0.1) is 5.52 Å². The Labute approximate surface area is 108 Å². The number of rotatable bonds is 6. The number of benzene rings is 1. The Morgan fingerprint density at radius 2 is 2.22 bits per heavy atom. The van der Waals surface area contributed by atoms with Gasteiger partial charge >= 0.3 is 0 Å². The van der Waals surface area contributed by atoms with E-state index in [1.54, 1.807) is 0 Å². The monoisotopic (exact) mass is 244 g/mol. The fourth-order valence-corrected chi connectivity index (χ4v) is 2.15. The van der Waals surface area contributed by atoms with Gasteiger partial charge < -0.3 is 10.4 Å². The quantitative estimate of drug-likeness (QED) is 0.821. The molecule has 2 rings (SSSR count). The van der Waals surface area contributed by atoms with E-state index < -0.39 is 0 Å². The first kappa shape index (κ1) is 13.0. The Balaban J connectivity index is 2.25. The van der Waals surface area contributed by atoms with Crippen LogP contribution in [0.2, 0.25) is 0 Å². The number of hydrogen-bond donors (Lipinski definition) is 2. The van der Waals surface area contributed by atoms with E-state index in [2.05, 4.69) is 35.4 Å². The maximum absolute atomic E-state index is 9.16. The molecule has 0 aliphatic carbocycles. The van der Waals surface area contributed by atoms with E-state index in [1.165, 1.54) is 5.56 Å². The molecule has 96 valence electrons. The molecule has 3 heteroatoms. The summed E-state index contributed by atoms with van der Waals surface area (Å²) >= 11 is 0. The number of nitrogens with one attached hydrogen (secondary N) is 1. The maximum Gasteiger partial charge on any atom is 0.0702 e. The van der Waals surface area contributed by atoms with Crippen LogP contribution < -0.4 is 5.32 Å². The van der Waals surface area contributed by atoms with E-state index in [0.29, 0.717) is 0 Å². The lowest BCUT2D eigenvalue weighted by Gasteiger charge is -2.18. The summed E-state index contributed by atoms with van der Waals surface area (Å²) in [6.45, 7) is 3.31. The number of hydrogen-bond acceptors (Lipinski definition) is 3. The van der Waals surface area contributed by atoms with Crippen LogP contribution in [0, 0.1) is 0 Å². The zero-order valence-corrected chi connectivity index (χ0v) is 10.8. The van der Waals surface area contributed by atoms with Crippen LogP contribution in [0.1, 0.15) is 31.4 Å². The third kappa shape index (κ3) is 3.06. The molecule has 0 saturated carbocycles. The van der Waals surface area contributed by atoms with Gasteiger partial charge in [0.1, 0.15) is 0 Å². The minimum atomic E-state index is 0.201. The van der Waals surface area contributed by atoms with Crippen molar-refractivity contribution >= 4 is 10.9 Å². The molecule has 0 spiro atoms. The number of pyridine rings is 1. The molecule has 0 aliphatic rings. The topological polar surface area (TPSA) is 45.1 Å². The second kappa shape index (κ2) is 6.47. The zero-order valence-electron chi connectivity index (χ0n) is 10.8. The van der Waals surface area contributed by atoms with Crippen molar-refractivity contribution in [3.63, 3.8) is 0 Å². The van der Waals surface area contributed by atoms with Gasteiger partial charge in [-0.15, -0.1) is 0 Å². The third-order valence-corrected chi connectivity index (χ3v) is 3.09. The van der Waals surface area contributed by atoms with Crippen molar-refractivity contribution in [2.45, 2.75) is 25.8 Å². The molecular formula is C15H20N2O. The van der Waals surface area contributed by atoms with Crippen LogP contribution in [0.4, 0.5) is 0 Å². The molecule has 1 unspecified atom stereocenters. The van der Waals surface area contributed by atoms with Crippen molar-refractivity contribution in [3.8, 4) is 0 Å². The highest BCUT2D eigenvalue weighted by atomic mass is 16.3. The van der Waals surface area contributed by atoms with E-state index in [-0.39, 0.29) is 12.6 Å². The summed E-state index contributed by atoms with van der Waals surface area (Å²) in [5.41, 5.74) is 2.23. The van der Waals surface area contributed by atoms with Crippen LogP contribution >= 0.6 is 0 Å². The molecule has 1 aromatic heterocycles. The lowest BCUT2D eigenvalue weighted by atomic mass is 10.0. The number of aliphatic hydroxyl groups excluding tert-OH is 1. The van der Waals surface area contributed by atoms with Crippen molar-refractivity contribution in [3.05, 3.63) is 42.1 Å². The van der Waals surface area contributed by atoms with Crippen LogP contribution in [-0.4, -0.2) is 23.2 Å². The first-order valence-corrected chi connectivity index (χ1v) is 6.54. The van der Waals surface area contributed by atoms with E-state index in [0.717, 1.165) is 30.3 Å². The van der Waals surface area contributed by atoms with E-state index in [9.17, 15) is 0 Å². The van der Waals surface area contributed by atoms with Crippen molar-refractivity contribution in [2.24, 2.45) is 0 Å². The molecule has 1 aromatic carbocycles. The summed E-state index contributed by atoms with van der Waals surface area (Å²) in [7, 11) is 0. The van der Waals surface area contributed by atoms with Gasteiger partial charge in [-0.1, -0.05) is 19.1 Å². The largest absolute Gasteiger partial charge is 0.396 e. The first-order valence-electron chi connectivity index (χ1n) is 6.54. The number of fused-ring (bicyclic) bond motifs is 1. The van der Waals surface area contributed by atoms with Crippen LogP contribution in [0.5, 0.6) is 0 Å². The van der Waals surface area contributed by atoms with Crippen LogP contribution in [0.15, 0.2) is 36.5 Å². The molecular weight excluding hydrogens is 224 g/mol. The molecule has 0 aliphatic heterocycles.